The van der Waals surface area contributed by atoms with Gasteiger partial charge in [0.2, 0.25) is 0 Å². The molecule has 0 aromatic carbocycles. The number of hydrogen-bond acceptors (Lipinski definition) is 3. The Morgan fingerprint density at radius 3 is 2.73 bits per heavy atom. The molecule has 1 aromatic rings. The van der Waals surface area contributed by atoms with E-state index in [4.69, 9.17) is 0 Å². The molecule has 1 aliphatic carbocycles. The Morgan fingerprint density at radius 1 is 1.27 bits per heavy atom. The summed E-state index contributed by atoms with van der Waals surface area (Å²) in [7, 11) is 0. The number of aryl methyl sites for hydroxylation is 1. The van der Waals surface area contributed by atoms with Crippen LogP contribution in [0.3, 0.4) is 0 Å². The Morgan fingerprint density at radius 2 is 2.09 bits per heavy atom. The van der Waals surface area contributed by atoms with Crippen LogP contribution >= 0.6 is 0 Å². The lowest BCUT2D eigenvalue weighted by Crippen LogP contribution is -2.34. The van der Waals surface area contributed by atoms with Gasteiger partial charge in [0.15, 0.2) is 5.78 Å². The lowest BCUT2D eigenvalue weighted by Gasteiger charge is -2.38. The third kappa shape index (κ3) is 3.02. The van der Waals surface area contributed by atoms with Gasteiger partial charge in [0.1, 0.15) is 0 Å². The molecule has 120 valence electrons. The first-order chi connectivity index (χ1) is 10.6. The van der Waals surface area contributed by atoms with E-state index in [1.165, 1.54) is 38.8 Å². The molecule has 1 saturated carbocycles. The molecule has 1 saturated heterocycles. The third-order valence-electron chi connectivity index (χ3n) is 5.45. The summed E-state index contributed by atoms with van der Waals surface area (Å²) in [6.45, 7) is 6.01. The van der Waals surface area contributed by atoms with Crippen LogP contribution in [-0.4, -0.2) is 34.9 Å². The van der Waals surface area contributed by atoms with Crippen LogP contribution < -0.4 is 5.56 Å². The average Bonchev–Trinajstić information content (AvgIpc) is 2.93. The van der Waals surface area contributed by atoms with Gasteiger partial charge in [0.05, 0.1) is 5.56 Å². The van der Waals surface area contributed by atoms with E-state index in [0.717, 1.165) is 13.0 Å². The van der Waals surface area contributed by atoms with Gasteiger partial charge in [-0.1, -0.05) is 13.3 Å². The van der Waals surface area contributed by atoms with Gasteiger partial charge in [-0.25, -0.2) is 0 Å². The number of hydrogen-bond donors (Lipinski definition) is 0. The minimum Gasteiger partial charge on any atom is -0.315 e. The largest absolute Gasteiger partial charge is 0.315 e. The fourth-order valence-corrected chi connectivity index (χ4v) is 3.88. The van der Waals surface area contributed by atoms with E-state index in [9.17, 15) is 9.59 Å². The monoisotopic (exact) mass is 302 g/mol. The van der Waals surface area contributed by atoms with Gasteiger partial charge in [0.25, 0.3) is 5.56 Å². The zero-order valence-corrected chi connectivity index (χ0v) is 13.5. The number of aromatic nitrogens is 1. The maximum Gasteiger partial charge on any atom is 0.261 e. The normalized spacial score (nSPS) is 20.2. The molecule has 4 heteroatoms. The highest BCUT2D eigenvalue weighted by atomic mass is 16.1. The predicted octanol–water partition coefficient (Wildman–Crippen LogP) is 2.71. The number of nitrogens with zero attached hydrogens (tertiary/aromatic N) is 2. The van der Waals surface area contributed by atoms with E-state index in [-0.39, 0.29) is 11.3 Å². The van der Waals surface area contributed by atoms with Crippen LogP contribution in [0.25, 0.3) is 0 Å². The summed E-state index contributed by atoms with van der Waals surface area (Å²) < 4.78 is 1.69. The Bertz CT molecular complexity index is 601. The molecule has 1 aliphatic heterocycles. The van der Waals surface area contributed by atoms with E-state index < -0.39 is 0 Å². The van der Waals surface area contributed by atoms with Crippen molar-refractivity contribution < 1.29 is 4.79 Å². The molecule has 4 nitrogen and oxygen atoms in total. The van der Waals surface area contributed by atoms with Gasteiger partial charge in [-0.3, -0.25) is 9.59 Å². The molecule has 0 bridgehead atoms. The second kappa shape index (κ2) is 6.37. The SMILES string of the molecule is CCC(=O)c1cccn(CCCN2CCC3(CCC3)C2)c1=O. The third-order valence-corrected chi connectivity index (χ3v) is 5.45. The molecule has 0 unspecified atom stereocenters. The highest BCUT2D eigenvalue weighted by molar-refractivity contribution is 5.95. The summed E-state index contributed by atoms with van der Waals surface area (Å²) in [5.74, 6) is -0.0641. The van der Waals surface area contributed by atoms with Crippen LogP contribution in [0, 0.1) is 5.41 Å². The molecule has 2 aliphatic rings. The molecule has 0 N–H and O–H groups in total. The Labute approximate surface area is 132 Å². The van der Waals surface area contributed by atoms with Crippen LogP contribution in [-0.2, 0) is 6.54 Å². The molecule has 2 fully saturated rings. The first-order valence-electron chi connectivity index (χ1n) is 8.59. The van der Waals surface area contributed by atoms with Gasteiger partial charge in [-0.2, -0.15) is 0 Å². The molecular weight excluding hydrogens is 276 g/mol. The highest BCUT2D eigenvalue weighted by Crippen LogP contribution is 2.47. The molecule has 22 heavy (non-hydrogen) atoms. The van der Waals surface area contributed by atoms with Gasteiger partial charge < -0.3 is 9.47 Å². The van der Waals surface area contributed by atoms with Gasteiger partial charge in [0, 0.05) is 25.7 Å². The van der Waals surface area contributed by atoms with Crippen LogP contribution in [0.5, 0.6) is 0 Å². The zero-order chi connectivity index (χ0) is 15.6. The highest BCUT2D eigenvalue weighted by Gasteiger charge is 2.42. The van der Waals surface area contributed by atoms with Crippen molar-refractivity contribution in [2.45, 2.75) is 52.0 Å². The van der Waals surface area contributed by atoms with Crippen molar-refractivity contribution in [3.8, 4) is 0 Å². The van der Waals surface area contributed by atoms with Crippen molar-refractivity contribution in [3.05, 3.63) is 34.2 Å². The number of carbonyl (C=O) groups excluding carboxylic acids is 1. The summed E-state index contributed by atoms with van der Waals surface area (Å²) >= 11 is 0. The molecule has 1 aromatic heterocycles. The first-order valence-corrected chi connectivity index (χ1v) is 8.59. The van der Waals surface area contributed by atoms with Crippen LogP contribution in [0.15, 0.2) is 23.1 Å². The maximum atomic E-state index is 12.3. The number of pyridine rings is 1. The topological polar surface area (TPSA) is 42.3 Å². The molecule has 0 atom stereocenters. The van der Waals surface area contributed by atoms with Crippen LogP contribution in [0.4, 0.5) is 0 Å². The summed E-state index contributed by atoms with van der Waals surface area (Å²) in [5.41, 5.74) is 0.843. The second-order valence-electron chi connectivity index (χ2n) is 6.93. The first kappa shape index (κ1) is 15.5. The van der Waals surface area contributed by atoms with Gasteiger partial charge in [-0.15, -0.1) is 0 Å². The van der Waals surface area contributed by atoms with Gasteiger partial charge >= 0.3 is 0 Å². The molecule has 2 heterocycles. The zero-order valence-electron chi connectivity index (χ0n) is 13.5. The number of ketones is 1. The molecular formula is C18H26N2O2. The predicted molar refractivity (Wildman–Crippen MR) is 87.3 cm³/mol. The summed E-state index contributed by atoms with van der Waals surface area (Å²) in [4.78, 5) is 26.6. The standard InChI is InChI=1S/C18H26N2O2/c1-2-16(21)15-6-3-11-20(17(15)22)12-5-10-19-13-9-18(14-19)7-4-8-18/h3,6,11H,2,4-5,7-10,12-14H2,1H3. The minimum absolute atomic E-state index is 0.0641. The Hall–Kier alpha value is -1.42. The Balaban J connectivity index is 1.54. The van der Waals surface area contributed by atoms with E-state index in [1.54, 1.807) is 23.8 Å². The van der Waals surface area contributed by atoms with E-state index in [0.29, 0.717) is 23.9 Å². The van der Waals surface area contributed by atoms with Crippen molar-refractivity contribution in [3.63, 3.8) is 0 Å². The van der Waals surface area contributed by atoms with Crippen LogP contribution in [0.2, 0.25) is 0 Å². The van der Waals surface area contributed by atoms with Crippen molar-refractivity contribution >= 4 is 5.78 Å². The van der Waals surface area contributed by atoms with Crippen molar-refractivity contribution in [2.24, 2.45) is 5.41 Å². The summed E-state index contributed by atoms with van der Waals surface area (Å²) in [5, 5.41) is 0. The van der Waals surface area contributed by atoms with Crippen molar-refractivity contribution in [1.29, 1.82) is 0 Å². The number of Topliss-reactive ketones (excluding diaryl/α,β-unsaturated/α-hetero) is 1. The maximum absolute atomic E-state index is 12.3. The van der Waals surface area contributed by atoms with Crippen LogP contribution in [0.1, 0.15) is 55.8 Å². The van der Waals surface area contributed by atoms with Crippen molar-refractivity contribution in [2.75, 3.05) is 19.6 Å². The Kier molecular flexibility index (Phi) is 4.48. The van der Waals surface area contributed by atoms with Gasteiger partial charge in [-0.05, 0) is 56.3 Å². The number of likely N-dealkylation sites (tertiary alicyclic amines) is 1. The summed E-state index contributed by atoms with van der Waals surface area (Å²) in [6.07, 6.45) is 8.73. The minimum atomic E-state index is -0.133. The van der Waals surface area contributed by atoms with E-state index in [2.05, 4.69) is 4.90 Å². The number of carbonyl (C=O) groups is 1. The van der Waals surface area contributed by atoms with Crippen molar-refractivity contribution in [1.82, 2.24) is 9.47 Å². The quantitative estimate of drug-likeness (QED) is 0.759. The number of rotatable bonds is 6. The molecule has 0 radical (unpaired) electrons. The molecule has 1 spiro atoms. The molecule has 3 rings (SSSR count). The van der Waals surface area contributed by atoms with E-state index >= 15 is 0 Å². The fourth-order valence-electron chi connectivity index (χ4n) is 3.88. The molecule has 0 amide bonds. The smallest absolute Gasteiger partial charge is 0.261 e. The fraction of sp³-hybridized carbons (Fsp3) is 0.667. The second-order valence-corrected chi connectivity index (χ2v) is 6.93. The van der Waals surface area contributed by atoms with E-state index in [1.807, 2.05) is 6.07 Å². The average molecular weight is 302 g/mol. The lowest BCUT2D eigenvalue weighted by molar-refractivity contribution is 0.0986. The lowest BCUT2D eigenvalue weighted by atomic mass is 9.68. The summed E-state index contributed by atoms with van der Waals surface area (Å²) in [6, 6.07) is 3.45.